The molecular weight excluding hydrogens is 306 g/mol. The Balaban J connectivity index is 2.09. The quantitative estimate of drug-likeness (QED) is 0.848. The Kier molecular flexibility index (Phi) is 3.80. The van der Waals surface area contributed by atoms with Gasteiger partial charge in [-0.05, 0) is 17.7 Å². The van der Waals surface area contributed by atoms with Crippen molar-refractivity contribution in [3.8, 4) is 0 Å². The number of aromatic amines is 1. The van der Waals surface area contributed by atoms with Gasteiger partial charge >= 0.3 is 5.97 Å². The zero-order valence-corrected chi connectivity index (χ0v) is 11.0. The number of hydrogen-bond acceptors (Lipinski definition) is 4. The van der Waals surface area contributed by atoms with Gasteiger partial charge in [0.05, 0.1) is 5.56 Å². The molecule has 2 N–H and O–H groups in total. The van der Waals surface area contributed by atoms with E-state index in [0.717, 1.165) is 15.2 Å². The molecule has 0 aliphatic rings. The predicted molar refractivity (Wildman–Crippen MR) is 67.0 cm³/mol. The second-order valence-electron chi connectivity index (χ2n) is 3.19. The summed E-state index contributed by atoms with van der Waals surface area (Å²) in [4.78, 5) is 14.8. The summed E-state index contributed by atoms with van der Waals surface area (Å²) in [5.74, 6) is -0.240. The maximum atomic E-state index is 10.8. The summed E-state index contributed by atoms with van der Waals surface area (Å²) in [6, 6.07) is 4.97. The van der Waals surface area contributed by atoms with Gasteiger partial charge in [0.15, 0.2) is 5.16 Å². The van der Waals surface area contributed by atoms with E-state index in [-0.39, 0.29) is 5.56 Å². The number of carbonyl (C=O) groups is 1. The molecule has 0 spiro atoms. The van der Waals surface area contributed by atoms with Gasteiger partial charge in [-0.15, -0.1) is 0 Å². The third-order valence-electron chi connectivity index (χ3n) is 2.06. The van der Waals surface area contributed by atoms with Gasteiger partial charge in [0.1, 0.15) is 6.33 Å². The summed E-state index contributed by atoms with van der Waals surface area (Å²) in [6.07, 6.45) is 1.45. The average Bonchev–Trinajstić information content (AvgIpc) is 2.80. The molecule has 5 nitrogen and oxygen atoms in total. The minimum Gasteiger partial charge on any atom is -0.478 e. The van der Waals surface area contributed by atoms with Crippen molar-refractivity contribution in [1.29, 1.82) is 0 Å². The van der Waals surface area contributed by atoms with Gasteiger partial charge in [-0.3, -0.25) is 5.10 Å². The van der Waals surface area contributed by atoms with Crippen LogP contribution in [0.1, 0.15) is 15.9 Å². The van der Waals surface area contributed by atoms with E-state index in [1.54, 1.807) is 18.2 Å². The zero-order chi connectivity index (χ0) is 12.3. The molecule has 0 atom stereocenters. The second-order valence-corrected chi connectivity index (χ2v) is 5.01. The minimum atomic E-state index is -0.930. The lowest BCUT2D eigenvalue weighted by atomic mass is 10.1. The summed E-state index contributed by atoms with van der Waals surface area (Å²) in [6.45, 7) is 0. The highest BCUT2D eigenvalue weighted by Gasteiger charge is 2.07. The maximum absolute atomic E-state index is 10.8. The number of thioether (sulfide) groups is 1. The van der Waals surface area contributed by atoms with Crippen LogP contribution in [0.5, 0.6) is 0 Å². The number of H-pyrrole nitrogens is 1. The lowest BCUT2D eigenvalue weighted by Crippen LogP contribution is -1.96. The molecule has 2 rings (SSSR count). The molecule has 0 saturated carbocycles. The summed E-state index contributed by atoms with van der Waals surface area (Å²) in [5.41, 5.74) is 1.28. The van der Waals surface area contributed by atoms with E-state index in [0.29, 0.717) is 5.75 Å². The molecule has 0 fully saturated rings. The number of nitrogens with one attached hydrogen (secondary N) is 1. The number of carboxylic acids is 1. The molecule has 0 saturated heterocycles. The van der Waals surface area contributed by atoms with Gasteiger partial charge in [0.25, 0.3) is 0 Å². The highest BCUT2D eigenvalue weighted by Crippen LogP contribution is 2.25. The molecule has 17 heavy (non-hydrogen) atoms. The number of nitrogens with zero attached hydrogens (tertiary/aromatic N) is 2. The fourth-order valence-corrected chi connectivity index (χ4v) is 2.69. The number of rotatable bonds is 4. The summed E-state index contributed by atoms with van der Waals surface area (Å²) >= 11 is 4.86. The van der Waals surface area contributed by atoms with Crippen LogP contribution < -0.4 is 0 Å². The molecule has 0 unspecified atom stereocenters. The lowest BCUT2D eigenvalue weighted by Gasteiger charge is -2.04. The highest BCUT2D eigenvalue weighted by atomic mass is 79.9. The molecule has 7 heteroatoms. The molecule has 1 aromatic heterocycles. The standard InChI is InChI=1S/C10H8BrN3O2S/c11-8-3-6(9(15)16)1-2-7(8)4-17-10-12-5-13-14-10/h1-3,5H,4H2,(H,15,16)(H,12,13,14). The van der Waals surface area contributed by atoms with E-state index in [4.69, 9.17) is 5.11 Å². The average molecular weight is 314 g/mol. The number of benzene rings is 1. The van der Waals surface area contributed by atoms with Gasteiger partial charge < -0.3 is 5.11 Å². The monoisotopic (exact) mass is 313 g/mol. The first kappa shape index (κ1) is 12.1. The fourth-order valence-electron chi connectivity index (χ4n) is 1.21. The smallest absolute Gasteiger partial charge is 0.335 e. The molecular formula is C10H8BrN3O2S. The van der Waals surface area contributed by atoms with Crippen LogP contribution in [0, 0.1) is 0 Å². The van der Waals surface area contributed by atoms with Gasteiger partial charge in [0.2, 0.25) is 0 Å². The summed E-state index contributed by atoms with van der Waals surface area (Å²) in [7, 11) is 0. The molecule has 0 amide bonds. The Morgan fingerprint density at radius 2 is 2.35 bits per heavy atom. The molecule has 1 aromatic carbocycles. The molecule has 0 radical (unpaired) electrons. The van der Waals surface area contributed by atoms with Crippen LogP contribution >= 0.6 is 27.7 Å². The summed E-state index contributed by atoms with van der Waals surface area (Å²) < 4.78 is 0.782. The number of aromatic carboxylic acids is 1. The van der Waals surface area contributed by atoms with E-state index in [1.165, 1.54) is 18.1 Å². The van der Waals surface area contributed by atoms with Crippen LogP contribution in [0.25, 0.3) is 0 Å². The van der Waals surface area contributed by atoms with Crippen LogP contribution in [0.3, 0.4) is 0 Å². The van der Waals surface area contributed by atoms with E-state index in [9.17, 15) is 4.79 Å². The number of halogens is 1. The van der Waals surface area contributed by atoms with Crippen molar-refractivity contribution in [2.24, 2.45) is 0 Å². The number of hydrogen-bond donors (Lipinski definition) is 2. The topological polar surface area (TPSA) is 78.9 Å². The molecule has 2 aromatic rings. The molecule has 1 heterocycles. The van der Waals surface area contributed by atoms with Crippen LogP contribution in [-0.4, -0.2) is 26.3 Å². The third kappa shape index (κ3) is 3.07. The fraction of sp³-hybridized carbons (Fsp3) is 0.100. The molecule has 0 aliphatic heterocycles. The van der Waals surface area contributed by atoms with Crippen molar-refractivity contribution in [1.82, 2.24) is 15.2 Å². The number of carboxylic acid groups (broad SMARTS) is 1. The Morgan fingerprint density at radius 3 is 2.94 bits per heavy atom. The van der Waals surface area contributed by atoms with Gasteiger partial charge in [-0.2, -0.15) is 5.10 Å². The first-order valence-electron chi connectivity index (χ1n) is 4.66. The predicted octanol–water partition coefficient (Wildman–Crippen LogP) is 2.56. The van der Waals surface area contributed by atoms with Crippen molar-refractivity contribution in [2.75, 3.05) is 0 Å². The van der Waals surface area contributed by atoms with Crippen molar-refractivity contribution < 1.29 is 9.90 Å². The van der Waals surface area contributed by atoms with E-state index in [1.807, 2.05) is 0 Å². The Hall–Kier alpha value is -1.34. The largest absolute Gasteiger partial charge is 0.478 e. The SMILES string of the molecule is O=C(O)c1ccc(CSc2ncn[nH]2)c(Br)c1. The first-order valence-corrected chi connectivity index (χ1v) is 6.44. The molecule has 88 valence electrons. The Morgan fingerprint density at radius 1 is 1.53 bits per heavy atom. The van der Waals surface area contributed by atoms with Crippen LogP contribution in [-0.2, 0) is 5.75 Å². The van der Waals surface area contributed by atoms with Gasteiger partial charge in [-0.25, -0.2) is 9.78 Å². The third-order valence-corrected chi connectivity index (χ3v) is 3.72. The summed E-state index contributed by atoms with van der Waals surface area (Å²) in [5, 5.41) is 16.1. The second kappa shape index (κ2) is 5.33. The minimum absolute atomic E-state index is 0.269. The first-order chi connectivity index (χ1) is 8.16. The van der Waals surface area contributed by atoms with E-state index < -0.39 is 5.97 Å². The van der Waals surface area contributed by atoms with Crippen molar-refractivity contribution in [3.05, 3.63) is 40.1 Å². The van der Waals surface area contributed by atoms with Crippen molar-refractivity contribution in [3.63, 3.8) is 0 Å². The maximum Gasteiger partial charge on any atom is 0.335 e. The van der Waals surface area contributed by atoms with E-state index in [2.05, 4.69) is 31.1 Å². The van der Waals surface area contributed by atoms with Crippen LogP contribution in [0.15, 0.2) is 34.2 Å². The zero-order valence-electron chi connectivity index (χ0n) is 8.55. The molecule has 0 aliphatic carbocycles. The van der Waals surface area contributed by atoms with Gasteiger partial charge in [-0.1, -0.05) is 33.8 Å². The Bertz CT molecular complexity index is 530. The highest BCUT2D eigenvalue weighted by molar-refractivity contribution is 9.10. The number of aromatic nitrogens is 3. The van der Waals surface area contributed by atoms with Gasteiger partial charge in [0, 0.05) is 10.2 Å². The normalized spacial score (nSPS) is 10.4. The van der Waals surface area contributed by atoms with E-state index >= 15 is 0 Å². The van der Waals surface area contributed by atoms with Crippen molar-refractivity contribution >= 4 is 33.7 Å². The lowest BCUT2D eigenvalue weighted by molar-refractivity contribution is 0.0697. The van der Waals surface area contributed by atoms with Crippen molar-refractivity contribution in [2.45, 2.75) is 10.9 Å². The Labute approximate surface area is 110 Å². The van der Waals surface area contributed by atoms with Crippen LogP contribution in [0.4, 0.5) is 0 Å². The molecule has 0 bridgehead atoms. The van der Waals surface area contributed by atoms with Crippen LogP contribution in [0.2, 0.25) is 0 Å².